The summed E-state index contributed by atoms with van der Waals surface area (Å²) in [5.74, 6) is 3.16. The molecule has 0 radical (unpaired) electrons. The SMILES string of the molecule is c1cc(CN2C[C@@H](c3ccc4c(c3)OCO4)[C@@H]3[C@H]2C2CCN3CC2)ccn1. The van der Waals surface area contributed by atoms with E-state index in [9.17, 15) is 0 Å². The van der Waals surface area contributed by atoms with Gasteiger partial charge in [-0.1, -0.05) is 6.07 Å². The molecule has 7 rings (SSSR count). The maximum Gasteiger partial charge on any atom is 0.231 e. The summed E-state index contributed by atoms with van der Waals surface area (Å²) in [7, 11) is 0. The molecule has 5 heteroatoms. The summed E-state index contributed by atoms with van der Waals surface area (Å²) in [6.07, 6.45) is 6.52. The molecule has 27 heavy (non-hydrogen) atoms. The van der Waals surface area contributed by atoms with Crippen molar-refractivity contribution < 1.29 is 9.47 Å². The number of ether oxygens (including phenoxy) is 2. The number of hydrogen-bond donors (Lipinski definition) is 0. The fraction of sp³-hybridized carbons (Fsp3) is 0.500. The monoisotopic (exact) mass is 363 g/mol. The van der Waals surface area contributed by atoms with Gasteiger partial charge in [0.2, 0.25) is 6.79 Å². The Morgan fingerprint density at radius 2 is 1.78 bits per heavy atom. The fourth-order valence-corrected chi connectivity index (χ4v) is 5.88. The highest BCUT2D eigenvalue weighted by Crippen LogP contribution is 2.48. The maximum absolute atomic E-state index is 5.66. The van der Waals surface area contributed by atoms with Crippen LogP contribution in [0.1, 0.15) is 29.9 Å². The van der Waals surface area contributed by atoms with E-state index in [0.717, 1.165) is 30.5 Å². The Bertz CT molecular complexity index is 835. The molecule has 2 bridgehead atoms. The lowest BCUT2D eigenvalue weighted by Crippen LogP contribution is -2.59. The van der Waals surface area contributed by atoms with Gasteiger partial charge in [-0.25, -0.2) is 0 Å². The van der Waals surface area contributed by atoms with Crippen LogP contribution in [0.15, 0.2) is 42.7 Å². The van der Waals surface area contributed by atoms with Gasteiger partial charge in [-0.15, -0.1) is 0 Å². The second kappa shape index (κ2) is 6.21. The molecule has 0 N–H and O–H groups in total. The number of pyridine rings is 1. The molecule has 0 amide bonds. The van der Waals surface area contributed by atoms with E-state index in [1.807, 2.05) is 12.4 Å². The van der Waals surface area contributed by atoms with Crippen molar-refractivity contribution in [2.75, 3.05) is 26.4 Å². The lowest BCUT2D eigenvalue weighted by molar-refractivity contribution is -0.00870. The van der Waals surface area contributed by atoms with Gasteiger partial charge in [0.25, 0.3) is 0 Å². The van der Waals surface area contributed by atoms with Crippen LogP contribution in [0, 0.1) is 5.92 Å². The first-order chi connectivity index (χ1) is 13.4. The smallest absolute Gasteiger partial charge is 0.231 e. The van der Waals surface area contributed by atoms with Gasteiger partial charge in [-0.3, -0.25) is 14.8 Å². The second-order valence-electron chi connectivity index (χ2n) is 8.36. The zero-order valence-electron chi connectivity index (χ0n) is 15.5. The number of rotatable bonds is 3. The van der Waals surface area contributed by atoms with Gasteiger partial charge < -0.3 is 9.47 Å². The Labute approximate surface area is 159 Å². The lowest BCUT2D eigenvalue weighted by atomic mass is 9.75. The van der Waals surface area contributed by atoms with Crippen molar-refractivity contribution in [1.82, 2.24) is 14.8 Å². The van der Waals surface area contributed by atoms with Crippen molar-refractivity contribution in [2.24, 2.45) is 5.92 Å². The van der Waals surface area contributed by atoms with Crippen LogP contribution < -0.4 is 9.47 Å². The third-order valence-electron chi connectivity index (χ3n) is 7.05. The summed E-state index contributed by atoms with van der Waals surface area (Å²) in [6, 6.07) is 12.2. The number of nitrogens with zero attached hydrogens (tertiary/aromatic N) is 3. The number of aromatic nitrogens is 1. The molecule has 0 spiro atoms. The number of fused-ring (bicyclic) bond motifs is 3. The molecule has 1 aromatic heterocycles. The van der Waals surface area contributed by atoms with E-state index >= 15 is 0 Å². The number of piperidine rings is 3. The minimum absolute atomic E-state index is 0.345. The molecule has 2 aromatic rings. The predicted molar refractivity (Wildman–Crippen MR) is 102 cm³/mol. The van der Waals surface area contributed by atoms with E-state index < -0.39 is 0 Å². The molecule has 4 saturated heterocycles. The summed E-state index contributed by atoms with van der Waals surface area (Å²) in [5.41, 5.74) is 2.77. The summed E-state index contributed by atoms with van der Waals surface area (Å²) >= 11 is 0. The molecule has 0 aliphatic carbocycles. The van der Waals surface area contributed by atoms with Crippen LogP contribution in [0.3, 0.4) is 0 Å². The van der Waals surface area contributed by atoms with E-state index in [1.54, 1.807) is 0 Å². The van der Waals surface area contributed by atoms with Crippen LogP contribution in [-0.4, -0.2) is 53.3 Å². The minimum Gasteiger partial charge on any atom is -0.454 e. The fourth-order valence-electron chi connectivity index (χ4n) is 5.88. The first-order valence-electron chi connectivity index (χ1n) is 10.1. The van der Waals surface area contributed by atoms with Crippen molar-refractivity contribution in [3.63, 3.8) is 0 Å². The van der Waals surface area contributed by atoms with Gasteiger partial charge in [-0.05, 0) is 67.2 Å². The van der Waals surface area contributed by atoms with Crippen molar-refractivity contribution in [1.29, 1.82) is 0 Å². The van der Waals surface area contributed by atoms with Gasteiger partial charge >= 0.3 is 0 Å². The summed E-state index contributed by atoms with van der Waals surface area (Å²) < 4.78 is 11.2. The average Bonchev–Trinajstić information content (AvgIpc) is 3.35. The van der Waals surface area contributed by atoms with Crippen LogP contribution >= 0.6 is 0 Å². The third-order valence-corrected chi connectivity index (χ3v) is 7.05. The van der Waals surface area contributed by atoms with Crippen LogP contribution in [0.4, 0.5) is 0 Å². The van der Waals surface area contributed by atoms with Crippen molar-refractivity contribution in [3.8, 4) is 11.5 Å². The van der Waals surface area contributed by atoms with E-state index in [2.05, 4.69) is 45.1 Å². The van der Waals surface area contributed by atoms with Gasteiger partial charge in [0.1, 0.15) is 0 Å². The normalized spacial score (nSPS) is 34.0. The Hall–Kier alpha value is -2.11. The standard InChI is InChI=1S/C22H25N3O2/c1-2-19-20(27-14-26-19)11-17(1)18-13-25(12-15-3-7-23-8-4-15)21-16-5-9-24(10-6-16)22(18)21/h1-4,7-8,11,16,18,21-22H,5-6,9-10,12-14H2/t18-,21+,22+/m0/s1. The summed E-state index contributed by atoms with van der Waals surface area (Å²) in [6.45, 7) is 5.00. The minimum atomic E-state index is 0.345. The van der Waals surface area contributed by atoms with E-state index in [4.69, 9.17) is 9.47 Å². The van der Waals surface area contributed by atoms with Crippen LogP contribution in [0.25, 0.3) is 0 Å². The zero-order valence-corrected chi connectivity index (χ0v) is 15.5. The van der Waals surface area contributed by atoms with Gasteiger partial charge in [-0.2, -0.15) is 0 Å². The highest BCUT2D eigenvalue weighted by Gasteiger charge is 2.53. The average molecular weight is 363 g/mol. The second-order valence-corrected chi connectivity index (χ2v) is 8.36. The largest absolute Gasteiger partial charge is 0.454 e. The first kappa shape index (κ1) is 15.9. The molecule has 6 heterocycles. The molecule has 1 aromatic carbocycles. The summed E-state index contributed by atoms with van der Waals surface area (Å²) in [4.78, 5) is 9.68. The quantitative estimate of drug-likeness (QED) is 0.838. The molecule has 4 fully saturated rings. The molecular weight excluding hydrogens is 338 g/mol. The van der Waals surface area contributed by atoms with Crippen molar-refractivity contribution in [2.45, 2.75) is 37.4 Å². The number of hydrogen-bond acceptors (Lipinski definition) is 5. The first-order valence-corrected chi connectivity index (χ1v) is 10.1. The van der Waals surface area contributed by atoms with Crippen LogP contribution in [0.5, 0.6) is 11.5 Å². The zero-order chi connectivity index (χ0) is 17.8. The van der Waals surface area contributed by atoms with E-state index in [-0.39, 0.29) is 0 Å². The number of likely N-dealkylation sites (tertiary alicyclic amines) is 1. The topological polar surface area (TPSA) is 37.8 Å². The maximum atomic E-state index is 5.66. The third kappa shape index (κ3) is 2.56. The van der Waals surface area contributed by atoms with Crippen LogP contribution in [-0.2, 0) is 6.54 Å². The Morgan fingerprint density at radius 1 is 0.963 bits per heavy atom. The van der Waals surface area contributed by atoms with Crippen molar-refractivity contribution in [3.05, 3.63) is 53.9 Å². The molecule has 0 saturated carbocycles. The van der Waals surface area contributed by atoms with E-state index in [1.165, 1.54) is 37.1 Å². The highest BCUT2D eigenvalue weighted by molar-refractivity contribution is 5.46. The van der Waals surface area contributed by atoms with Gasteiger partial charge in [0, 0.05) is 43.5 Å². The van der Waals surface area contributed by atoms with Gasteiger partial charge in [0.15, 0.2) is 11.5 Å². The Morgan fingerprint density at radius 3 is 2.63 bits per heavy atom. The molecule has 0 unspecified atom stereocenters. The molecule has 140 valence electrons. The van der Waals surface area contributed by atoms with Gasteiger partial charge in [0.05, 0.1) is 0 Å². The Balaban J connectivity index is 1.35. The molecule has 5 nitrogen and oxygen atoms in total. The van der Waals surface area contributed by atoms with E-state index in [0.29, 0.717) is 24.8 Å². The Kier molecular flexibility index (Phi) is 3.66. The summed E-state index contributed by atoms with van der Waals surface area (Å²) in [5, 5.41) is 0. The molecule has 5 aliphatic heterocycles. The van der Waals surface area contributed by atoms with Crippen molar-refractivity contribution >= 4 is 0 Å². The molecule has 5 aliphatic rings. The van der Waals surface area contributed by atoms with Crippen LogP contribution in [0.2, 0.25) is 0 Å². The predicted octanol–water partition coefficient (Wildman–Crippen LogP) is 2.87. The molecule has 3 atom stereocenters. The lowest BCUT2D eigenvalue weighted by Gasteiger charge is -2.51. The molecular formula is C22H25N3O2. The highest BCUT2D eigenvalue weighted by atomic mass is 16.7. The number of benzene rings is 1.